The third-order valence-electron chi connectivity index (χ3n) is 2.00. The molecule has 0 fully saturated rings. The summed E-state index contributed by atoms with van der Waals surface area (Å²) in [5.41, 5.74) is 7.33. The summed E-state index contributed by atoms with van der Waals surface area (Å²) in [6, 6.07) is 6.81. The van der Waals surface area contributed by atoms with Crippen LogP contribution in [0.2, 0.25) is 0 Å². The van der Waals surface area contributed by atoms with Crippen LogP contribution in [0.25, 0.3) is 11.3 Å². The molecule has 0 amide bonds. The highest BCUT2D eigenvalue weighted by Gasteiger charge is 2.22. The SMILES string of the molecule is Nc1nonc1-c1ccc(C(Cl)(Cl)Cl)cc1. The van der Waals surface area contributed by atoms with Crippen molar-refractivity contribution in [2.75, 3.05) is 5.73 Å². The fourth-order valence-electron chi connectivity index (χ4n) is 1.21. The molecule has 0 aliphatic carbocycles. The second-order valence-electron chi connectivity index (χ2n) is 3.07. The van der Waals surface area contributed by atoms with Gasteiger partial charge >= 0.3 is 0 Å². The maximum Gasteiger partial charge on any atom is 0.216 e. The molecule has 7 heteroatoms. The average Bonchev–Trinajstić information content (AvgIpc) is 2.63. The molecule has 1 heterocycles. The van der Waals surface area contributed by atoms with Crippen molar-refractivity contribution in [3.8, 4) is 11.3 Å². The van der Waals surface area contributed by atoms with Crippen LogP contribution in [0.5, 0.6) is 0 Å². The van der Waals surface area contributed by atoms with Crippen molar-refractivity contribution in [1.82, 2.24) is 10.3 Å². The Labute approximate surface area is 106 Å². The molecule has 0 unspecified atom stereocenters. The molecule has 0 atom stereocenters. The van der Waals surface area contributed by atoms with Gasteiger partial charge in [0.25, 0.3) is 0 Å². The van der Waals surface area contributed by atoms with Gasteiger partial charge in [-0.05, 0) is 10.3 Å². The summed E-state index contributed by atoms with van der Waals surface area (Å²) >= 11 is 17.2. The van der Waals surface area contributed by atoms with E-state index in [1.54, 1.807) is 24.3 Å². The molecule has 1 aromatic heterocycles. The van der Waals surface area contributed by atoms with Gasteiger partial charge < -0.3 is 5.73 Å². The maximum absolute atomic E-state index is 5.73. The van der Waals surface area contributed by atoms with Gasteiger partial charge in [-0.2, -0.15) is 0 Å². The van der Waals surface area contributed by atoms with E-state index in [0.717, 1.165) is 5.56 Å². The molecule has 0 saturated heterocycles. The van der Waals surface area contributed by atoms with Crippen molar-refractivity contribution < 1.29 is 4.63 Å². The van der Waals surface area contributed by atoms with Crippen LogP contribution < -0.4 is 5.73 Å². The van der Waals surface area contributed by atoms with Gasteiger partial charge in [0, 0.05) is 11.1 Å². The summed E-state index contributed by atoms with van der Waals surface area (Å²) in [6.07, 6.45) is 0. The maximum atomic E-state index is 5.73. The van der Waals surface area contributed by atoms with Gasteiger partial charge in [-0.3, -0.25) is 0 Å². The number of anilines is 1. The summed E-state index contributed by atoms with van der Waals surface area (Å²) < 4.78 is 3.06. The molecule has 2 rings (SSSR count). The molecule has 0 saturated carbocycles. The Balaban J connectivity index is 2.37. The fraction of sp³-hybridized carbons (Fsp3) is 0.111. The minimum absolute atomic E-state index is 0.224. The fourth-order valence-corrected chi connectivity index (χ4v) is 1.59. The van der Waals surface area contributed by atoms with Crippen molar-refractivity contribution in [1.29, 1.82) is 0 Å². The zero-order chi connectivity index (χ0) is 11.8. The summed E-state index contributed by atoms with van der Waals surface area (Å²) in [5.74, 6) is 0.224. The van der Waals surface area contributed by atoms with Crippen LogP contribution in [0.3, 0.4) is 0 Å². The highest BCUT2D eigenvalue weighted by atomic mass is 35.6. The monoisotopic (exact) mass is 277 g/mol. The van der Waals surface area contributed by atoms with E-state index < -0.39 is 3.79 Å². The van der Waals surface area contributed by atoms with E-state index in [9.17, 15) is 0 Å². The number of hydrogen-bond acceptors (Lipinski definition) is 4. The molecule has 0 spiro atoms. The van der Waals surface area contributed by atoms with Crippen LogP contribution in [0.4, 0.5) is 5.82 Å². The first-order valence-electron chi connectivity index (χ1n) is 4.24. The van der Waals surface area contributed by atoms with E-state index in [0.29, 0.717) is 11.3 Å². The molecular formula is C9H6Cl3N3O. The van der Waals surface area contributed by atoms with Gasteiger partial charge in [-0.1, -0.05) is 59.1 Å². The summed E-state index contributed by atoms with van der Waals surface area (Å²) in [6.45, 7) is 0. The third-order valence-corrected chi connectivity index (χ3v) is 2.65. The molecule has 2 aromatic rings. The second-order valence-corrected chi connectivity index (χ2v) is 5.35. The smallest absolute Gasteiger partial charge is 0.216 e. The standard InChI is InChI=1S/C9H6Cl3N3O/c10-9(11,12)6-3-1-5(2-4-6)7-8(13)15-16-14-7/h1-4H,(H2,13,15). The number of benzene rings is 1. The Bertz CT molecular complexity index is 489. The Morgan fingerprint density at radius 2 is 1.69 bits per heavy atom. The van der Waals surface area contributed by atoms with Crippen molar-refractivity contribution in [2.24, 2.45) is 0 Å². The normalized spacial score (nSPS) is 11.7. The largest absolute Gasteiger partial charge is 0.379 e. The van der Waals surface area contributed by atoms with Gasteiger partial charge in [0.1, 0.15) is 0 Å². The Kier molecular flexibility index (Phi) is 2.97. The van der Waals surface area contributed by atoms with Gasteiger partial charge in [0.15, 0.2) is 11.5 Å². The van der Waals surface area contributed by atoms with Crippen molar-refractivity contribution >= 4 is 40.6 Å². The molecule has 4 nitrogen and oxygen atoms in total. The van der Waals surface area contributed by atoms with Gasteiger partial charge in [0.2, 0.25) is 3.79 Å². The first kappa shape index (κ1) is 11.5. The van der Waals surface area contributed by atoms with E-state index in [4.69, 9.17) is 40.5 Å². The zero-order valence-corrected chi connectivity index (χ0v) is 10.1. The number of aromatic nitrogens is 2. The van der Waals surface area contributed by atoms with Crippen molar-refractivity contribution in [2.45, 2.75) is 3.79 Å². The van der Waals surface area contributed by atoms with Gasteiger partial charge in [0.05, 0.1) is 0 Å². The highest BCUT2D eigenvalue weighted by Crippen LogP contribution is 2.38. The minimum Gasteiger partial charge on any atom is -0.379 e. The predicted octanol–water partition coefficient (Wildman–Crippen LogP) is 3.15. The topological polar surface area (TPSA) is 64.9 Å². The number of nitrogen functional groups attached to an aromatic ring is 1. The second kappa shape index (κ2) is 4.13. The van der Waals surface area contributed by atoms with Crippen LogP contribution in [0.15, 0.2) is 28.9 Å². The Hall–Kier alpha value is -0.970. The number of nitrogens with two attached hydrogens (primary N) is 1. The minimum atomic E-state index is -1.44. The first-order chi connectivity index (χ1) is 7.48. The number of nitrogens with zero attached hydrogens (tertiary/aromatic N) is 2. The molecule has 0 radical (unpaired) electrons. The quantitative estimate of drug-likeness (QED) is 0.814. The van der Waals surface area contributed by atoms with E-state index in [2.05, 4.69) is 14.9 Å². The van der Waals surface area contributed by atoms with E-state index in [1.165, 1.54) is 0 Å². The lowest BCUT2D eigenvalue weighted by molar-refractivity contribution is 0.310. The zero-order valence-electron chi connectivity index (χ0n) is 7.82. The lowest BCUT2D eigenvalue weighted by atomic mass is 10.1. The van der Waals surface area contributed by atoms with Crippen LogP contribution in [-0.4, -0.2) is 10.3 Å². The lowest BCUT2D eigenvalue weighted by Crippen LogP contribution is -1.99. The summed E-state index contributed by atoms with van der Waals surface area (Å²) in [4.78, 5) is 0. The number of alkyl halides is 3. The predicted molar refractivity (Wildman–Crippen MR) is 63.4 cm³/mol. The highest BCUT2D eigenvalue weighted by molar-refractivity contribution is 6.66. The molecule has 0 aliphatic heterocycles. The molecule has 0 aliphatic rings. The number of halogens is 3. The molecule has 0 bridgehead atoms. The average molecular weight is 279 g/mol. The third kappa shape index (κ3) is 2.24. The first-order valence-corrected chi connectivity index (χ1v) is 5.37. The molecule has 2 N–H and O–H groups in total. The number of hydrogen-bond donors (Lipinski definition) is 1. The van der Waals surface area contributed by atoms with Crippen molar-refractivity contribution in [3.05, 3.63) is 29.8 Å². The molecule has 16 heavy (non-hydrogen) atoms. The van der Waals surface area contributed by atoms with Crippen molar-refractivity contribution in [3.63, 3.8) is 0 Å². The summed E-state index contributed by atoms with van der Waals surface area (Å²) in [5, 5.41) is 7.15. The van der Waals surface area contributed by atoms with E-state index >= 15 is 0 Å². The van der Waals surface area contributed by atoms with Crippen LogP contribution in [-0.2, 0) is 3.79 Å². The van der Waals surface area contributed by atoms with Crippen LogP contribution >= 0.6 is 34.8 Å². The van der Waals surface area contributed by atoms with Gasteiger partial charge in [-0.15, -0.1) is 0 Å². The van der Waals surface area contributed by atoms with Gasteiger partial charge in [-0.25, -0.2) is 4.63 Å². The number of rotatable bonds is 1. The van der Waals surface area contributed by atoms with E-state index in [-0.39, 0.29) is 5.82 Å². The lowest BCUT2D eigenvalue weighted by Gasteiger charge is -2.10. The molecule has 84 valence electrons. The summed E-state index contributed by atoms with van der Waals surface area (Å²) in [7, 11) is 0. The molecular weight excluding hydrogens is 272 g/mol. The Morgan fingerprint density at radius 1 is 1.06 bits per heavy atom. The van der Waals surface area contributed by atoms with Crippen LogP contribution in [0.1, 0.15) is 5.56 Å². The van der Waals surface area contributed by atoms with E-state index in [1.807, 2.05) is 0 Å². The molecule has 1 aromatic carbocycles. The Morgan fingerprint density at radius 3 is 2.12 bits per heavy atom. The van der Waals surface area contributed by atoms with Crippen LogP contribution in [0, 0.1) is 0 Å².